The van der Waals surface area contributed by atoms with Gasteiger partial charge < -0.3 is 20.5 Å². The molecule has 0 spiro atoms. The number of nitrogens with one attached hydrogen (secondary N) is 2. The van der Waals surface area contributed by atoms with Crippen molar-refractivity contribution in [1.29, 1.82) is 0 Å². The fraction of sp³-hybridized carbons (Fsp3) is 0.615. The third kappa shape index (κ3) is 4.75. The Morgan fingerprint density at radius 2 is 2.10 bits per heavy atom. The highest BCUT2D eigenvalue weighted by molar-refractivity contribution is 5.76. The van der Waals surface area contributed by atoms with Gasteiger partial charge in [-0.3, -0.25) is 9.59 Å². The van der Waals surface area contributed by atoms with E-state index in [2.05, 4.69) is 15.3 Å². The second-order valence-electron chi connectivity index (χ2n) is 5.15. The Kier molecular flexibility index (Phi) is 5.41. The molecule has 1 unspecified atom stereocenters. The Morgan fingerprint density at radius 3 is 2.65 bits per heavy atom. The summed E-state index contributed by atoms with van der Waals surface area (Å²) < 4.78 is 0. The van der Waals surface area contributed by atoms with Crippen molar-refractivity contribution < 1.29 is 15.0 Å². The van der Waals surface area contributed by atoms with Gasteiger partial charge in [-0.05, 0) is 27.2 Å². The molecule has 0 bridgehead atoms. The smallest absolute Gasteiger partial charge is 0.254 e. The Morgan fingerprint density at radius 1 is 1.45 bits per heavy atom. The number of hydrogen-bond acceptors (Lipinski definition) is 5. The van der Waals surface area contributed by atoms with Gasteiger partial charge in [-0.15, -0.1) is 0 Å². The van der Waals surface area contributed by atoms with E-state index in [0.717, 1.165) is 0 Å². The molecule has 0 fully saturated rings. The van der Waals surface area contributed by atoms with E-state index in [1.165, 1.54) is 6.92 Å². The number of amides is 1. The molecule has 7 heteroatoms. The molecule has 112 valence electrons. The van der Waals surface area contributed by atoms with Crippen LogP contribution in [-0.4, -0.2) is 44.8 Å². The normalized spacial score (nSPS) is 13.8. The van der Waals surface area contributed by atoms with E-state index in [9.17, 15) is 14.7 Å². The minimum absolute atomic E-state index is 0.0379. The van der Waals surface area contributed by atoms with Gasteiger partial charge >= 0.3 is 0 Å². The number of aryl methyl sites for hydroxylation is 2. The topological polar surface area (TPSA) is 115 Å². The molecule has 1 amide bonds. The molecule has 1 aromatic rings. The second-order valence-corrected chi connectivity index (χ2v) is 5.15. The summed E-state index contributed by atoms with van der Waals surface area (Å²) in [5.41, 5.74) is -0.472. The van der Waals surface area contributed by atoms with Crippen molar-refractivity contribution in [2.24, 2.45) is 0 Å². The van der Waals surface area contributed by atoms with Crippen molar-refractivity contribution in [2.45, 2.75) is 39.2 Å². The van der Waals surface area contributed by atoms with Crippen LogP contribution in [0.1, 0.15) is 30.4 Å². The lowest BCUT2D eigenvalue weighted by Gasteiger charge is -2.20. The van der Waals surface area contributed by atoms with Crippen LogP contribution in [0, 0.1) is 13.8 Å². The van der Waals surface area contributed by atoms with Crippen LogP contribution in [0.3, 0.4) is 0 Å². The van der Waals surface area contributed by atoms with Crippen molar-refractivity contribution in [3.63, 3.8) is 0 Å². The maximum Gasteiger partial charge on any atom is 0.254 e. The molecular weight excluding hydrogens is 262 g/mol. The van der Waals surface area contributed by atoms with Gasteiger partial charge in [0.25, 0.3) is 5.56 Å². The summed E-state index contributed by atoms with van der Waals surface area (Å²) in [6.07, 6.45) is 0.401. The summed E-state index contributed by atoms with van der Waals surface area (Å²) >= 11 is 0. The van der Waals surface area contributed by atoms with Gasteiger partial charge in [0.1, 0.15) is 11.4 Å². The first kappa shape index (κ1) is 16.3. The van der Waals surface area contributed by atoms with Crippen LogP contribution in [0.4, 0.5) is 0 Å². The lowest BCUT2D eigenvalue weighted by molar-refractivity contribution is -0.122. The van der Waals surface area contributed by atoms with Gasteiger partial charge in [0.15, 0.2) is 0 Å². The number of H-pyrrole nitrogens is 1. The average Bonchev–Trinajstić information content (AvgIpc) is 2.35. The number of carbonyl (C=O) groups is 1. The van der Waals surface area contributed by atoms with Gasteiger partial charge in [0.2, 0.25) is 5.91 Å². The molecule has 1 rings (SSSR count). The van der Waals surface area contributed by atoms with Crippen LogP contribution < -0.4 is 10.9 Å². The first-order valence-electron chi connectivity index (χ1n) is 6.41. The molecule has 0 aliphatic rings. The van der Waals surface area contributed by atoms with Crippen LogP contribution in [0.15, 0.2) is 4.79 Å². The monoisotopic (exact) mass is 283 g/mol. The van der Waals surface area contributed by atoms with Gasteiger partial charge in [0, 0.05) is 24.2 Å². The van der Waals surface area contributed by atoms with Crippen molar-refractivity contribution in [1.82, 2.24) is 15.3 Å². The number of hydrogen-bond donors (Lipinski definition) is 4. The summed E-state index contributed by atoms with van der Waals surface area (Å²) in [5.74, 6) is 0.248. The van der Waals surface area contributed by atoms with Crippen molar-refractivity contribution >= 4 is 5.91 Å². The lowest BCUT2D eigenvalue weighted by Crippen LogP contribution is -2.43. The Balaban J connectivity index is 2.56. The summed E-state index contributed by atoms with van der Waals surface area (Å²) in [7, 11) is 0. The van der Waals surface area contributed by atoms with Crippen LogP contribution in [0.25, 0.3) is 0 Å². The second kappa shape index (κ2) is 6.62. The fourth-order valence-corrected chi connectivity index (χ4v) is 1.72. The first-order chi connectivity index (χ1) is 9.25. The molecule has 1 atom stereocenters. The highest BCUT2D eigenvalue weighted by Crippen LogP contribution is 2.03. The highest BCUT2D eigenvalue weighted by Gasteiger charge is 2.19. The number of aliphatic hydroxyl groups excluding tert-OH is 1. The maximum absolute atomic E-state index is 11.7. The number of aromatic amines is 1. The molecule has 0 aromatic carbocycles. The average molecular weight is 283 g/mol. The van der Waals surface area contributed by atoms with E-state index in [4.69, 9.17) is 5.11 Å². The van der Waals surface area contributed by atoms with E-state index >= 15 is 0 Å². The molecule has 4 N–H and O–H groups in total. The number of rotatable bonds is 6. The molecule has 7 nitrogen and oxygen atoms in total. The SMILES string of the molecule is Cc1nc(C)c(CCC(=O)NCC(C)(O)CO)c(=O)[nH]1. The molecule has 0 aliphatic carbocycles. The van der Waals surface area contributed by atoms with Gasteiger partial charge in [-0.25, -0.2) is 4.98 Å². The van der Waals surface area contributed by atoms with Crippen LogP contribution in [0.5, 0.6) is 0 Å². The van der Waals surface area contributed by atoms with Gasteiger partial charge in [-0.2, -0.15) is 0 Å². The minimum Gasteiger partial charge on any atom is -0.393 e. The van der Waals surface area contributed by atoms with Crippen molar-refractivity contribution in [2.75, 3.05) is 13.2 Å². The van der Waals surface area contributed by atoms with E-state index in [1.54, 1.807) is 13.8 Å². The predicted octanol–water partition coefficient (Wildman–Crippen LogP) is -0.821. The molecule has 1 heterocycles. The number of aromatic nitrogens is 2. The summed E-state index contributed by atoms with van der Waals surface area (Å²) in [6.45, 7) is 4.37. The zero-order valence-electron chi connectivity index (χ0n) is 12.0. The third-order valence-electron chi connectivity index (χ3n) is 2.95. The Hall–Kier alpha value is -1.73. The zero-order chi connectivity index (χ0) is 15.3. The Labute approximate surface area is 117 Å². The largest absolute Gasteiger partial charge is 0.393 e. The third-order valence-corrected chi connectivity index (χ3v) is 2.95. The van der Waals surface area contributed by atoms with Crippen LogP contribution >= 0.6 is 0 Å². The van der Waals surface area contributed by atoms with E-state index in [1.807, 2.05) is 0 Å². The zero-order valence-corrected chi connectivity index (χ0v) is 12.0. The number of nitrogens with zero attached hydrogens (tertiary/aromatic N) is 1. The van der Waals surface area contributed by atoms with Crippen molar-refractivity contribution in [3.05, 3.63) is 27.4 Å². The molecule has 0 radical (unpaired) electrons. The molecule has 20 heavy (non-hydrogen) atoms. The summed E-state index contributed by atoms with van der Waals surface area (Å²) in [6, 6.07) is 0. The molecule has 0 saturated carbocycles. The summed E-state index contributed by atoms with van der Waals surface area (Å²) in [5, 5.41) is 20.9. The molecule has 0 saturated heterocycles. The highest BCUT2D eigenvalue weighted by atomic mass is 16.3. The quantitative estimate of drug-likeness (QED) is 0.544. The maximum atomic E-state index is 11.7. The Bertz CT molecular complexity index is 537. The van der Waals surface area contributed by atoms with E-state index in [-0.39, 0.29) is 30.9 Å². The standard InChI is InChI=1S/C13H21N3O4/c1-8-10(12(19)16-9(2)15-8)4-5-11(18)14-6-13(3,20)7-17/h17,20H,4-7H2,1-3H3,(H,14,18)(H,15,16,19). The van der Waals surface area contributed by atoms with Gasteiger partial charge in [0.05, 0.1) is 6.61 Å². The van der Waals surface area contributed by atoms with E-state index < -0.39 is 12.2 Å². The van der Waals surface area contributed by atoms with Crippen LogP contribution in [-0.2, 0) is 11.2 Å². The number of carbonyl (C=O) groups excluding carboxylic acids is 1. The predicted molar refractivity (Wildman–Crippen MR) is 73.4 cm³/mol. The molecule has 1 aromatic heterocycles. The number of aliphatic hydroxyl groups is 2. The molecular formula is C13H21N3O4. The summed E-state index contributed by atoms with van der Waals surface area (Å²) in [4.78, 5) is 30.1. The lowest BCUT2D eigenvalue weighted by atomic mass is 10.1. The van der Waals surface area contributed by atoms with Crippen LogP contribution in [0.2, 0.25) is 0 Å². The minimum atomic E-state index is -1.34. The van der Waals surface area contributed by atoms with Gasteiger partial charge in [-0.1, -0.05) is 0 Å². The molecule has 0 aliphatic heterocycles. The first-order valence-corrected chi connectivity index (χ1v) is 6.41. The van der Waals surface area contributed by atoms with Crippen molar-refractivity contribution in [3.8, 4) is 0 Å². The fourth-order valence-electron chi connectivity index (χ4n) is 1.72. The van der Waals surface area contributed by atoms with E-state index in [0.29, 0.717) is 17.1 Å².